The van der Waals surface area contributed by atoms with E-state index in [9.17, 15) is 9.59 Å². The molecular formula is C21H22ClN3O3S. The van der Waals surface area contributed by atoms with E-state index in [0.717, 1.165) is 21.7 Å². The Morgan fingerprint density at radius 1 is 1.34 bits per heavy atom. The maximum absolute atomic E-state index is 12.3. The number of cyclic esters (lactones) is 1. The number of hydrogen-bond donors (Lipinski definition) is 1. The second-order valence-electron chi connectivity index (χ2n) is 7.30. The van der Waals surface area contributed by atoms with Crippen LogP contribution >= 0.6 is 23.4 Å². The Morgan fingerprint density at radius 2 is 2.17 bits per heavy atom. The van der Waals surface area contributed by atoms with E-state index in [1.165, 1.54) is 0 Å². The molecule has 0 spiro atoms. The number of aromatic nitrogens is 1. The van der Waals surface area contributed by atoms with Crippen LogP contribution in [0.4, 0.5) is 4.79 Å². The van der Waals surface area contributed by atoms with E-state index in [0.29, 0.717) is 43.5 Å². The average Bonchev–Trinajstić information content (AvgIpc) is 3.11. The third kappa shape index (κ3) is 4.51. The molecule has 152 valence electrons. The van der Waals surface area contributed by atoms with Crippen LogP contribution in [-0.2, 0) is 9.53 Å². The van der Waals surface area contributed by atoms with Crippen LogP contribution in [0.15, 0.2) is 41.4 Å². The number of carbonyl (C=O) groups excluding carboxylic acids is 2. The molecule has 1 aromatic carbocycles. The summed E-state index contributed by atoms with van der Waals surface area (Å²) in [5, 5.41) is 3.39. The maximum Gasteiger partial charge on any atom is 0.407 e. The molecule has 2 aliphatic rings. The first-order valence-electron chi connectivity index (χ1n) is 9.54. The smallest absolute Gasteiger partial charge is 0.407 e. The largest absolute Gasteiger partial charge is 0.447 e. The molecule has 0 bridgehead atoms. The number of nitrogens with zero attached hydrogens (tertiary/aromatic N) is 2. The van der Waals surface area contributed by atoms with Gasteiger partial charge in [-0.1, -0.05) is 23.7 Å². The van der Waals surface area contributed by atoms with E-state index in [2.05, 4.69) is 16.4 Å². The summed E-state index contributed by atoms with van der Waals surface area (Å²) in [5.41, 5.74) is 2.90. The van der Waals surface area contributed by atoms with E-state index < -0.39 is 6.09 Å². The molecule has 4 rings (SSSR count). The minimum absolute atomic E-state index is 0.0583. The number of thioether (sulfide) groups is 1. The molecule has 1 aromatic heterocycles. The molecule has 0 aliphatic carbocycles. The first-order chi connectivity index (χ1) is 14.0. The van der Waals surface area contributed by atoms with Crippen molar-refractivity contribution in [3.05, 3.63) is 47.1 Å². The van der Waals surface area contributed by atoms with Gasteiger partial charge in [0.15, 0.2) is 0 Å². The van der Waals surface area contributed by atoms with Gasteiger partial charge in [-0.2, -0.15) is 0 Å². The van der Waals surface area contributed by atoms with Gasteiger partial charge in [-0.15, -0.1) is 11.8 Å². The number of carbonyl (C=O) groups is 2. The summed E-state index contributed by atoms with van der Waals surface area (Å²) >= 11 is 8.05. The van der Waals surface area contributed by atoms with Crippen molar-refractivity contribution in [1.29, 1.82) is 0 Å². The van der Waals surface area contributed by atoms with Crippen molar-refractivity contribution in [3.63, 3.8) is 0 Å². The Balaban J connectivity index is 1.30. The van der Waals surface area contributed by atoms with Gasteiger partial charge in [0.25, 0.3) is 0 Å². The normalized spacial score (nSPS) is 18.9. The lowest BCUT2D eigenvalue weighted by molar-refractivity contribution is -0.135. The summed E-state index contributed by atoms with van der Waals surface area (Å²) in [6.07, 6.45) is 4.53. The Bertz CT molecular complexity index is 916. The van der Waals surface area contributed by atoms with Crippen molar-refractivity contribution in [2.24, 2.45) is 0 Å². The standard InChI is InChI=1S/C21H22ClN3O3S/c1-29-16-4-5-17(18(22)8-16)19-6-2-13(9-23-19)14-10-25(11-14)20(26)7-3-15-12-28-21(27)24-15/h2,4-6,8-9,14-15H,3,7,10-12H2,1H3,(H,24,27). The van der Waals surface area contributed by atoms with E-state index in [-0.39, 0.29) is 11.9 Å². The van der Waals surface area contributed by atoms with E-state index in [1.807, 2.05) is 41.6 Å². The number of hydrogen-bond acceptors (Lipinski definition) is 5. The van der Waals surface area contributed by atoms with E-state index in [4.69, 9.17) is 16.3 Å². The van der Waals surface area contributed by atoms with Crippen LogP contribution in [0.1, 0.15) is 24.3 Å². The second-order valence-corrected chi connectivity index (χ2v) is 8.58. The molecular weight excluding hydrogens is 410 g/mol. The quantitative estimate of drug-likeness (QED) is 0.701. The van der Waals surface area contributed by atoms with E-state index >= 15 is 0 Å². The number of rotatable bonds is 6. The fourth-order valence-corrected chi connectivity index (χ4v) is 4.35. The number of nitrogens with one attached hydrogen (secondary N) is 1. The van der Waals surface area contributed by atoms with Crippen LogP contribution in [0.25, 0.3) is 11.3 Å². The second kappa shape index (κ2) is 8.63. The number of alkyl carbamates (subject to hydrolysis) is 1. The Hall–Kier alpha value is -2.25. The predicted octanol–water partition coefficient (Wildman–Crippen LogP) is 3.94. The fourth-order valence-electron chi connectivity index (χ4n) is 3.57. The summed E-state index contributed by atoms with van der Waals surface area (Å²) in [7, 11) is 0. The molecule has 8 heteroatoms. The third-order valence-corrected chi connectivity index (χ3v) is 6.43. The number of ether oxygens (including phenoxy) is 1. The number of amides is 2. The molecule has 1 unspecified atom stereocenters. The van der Waals surface area contributed by atoms with Gasteiger partial charge in [0, 0.05) is 42.1 Å². The molecule has 29 heavy (non-hydrogen) atoms. The van der Waals surface area contributed by atoms with Gasteiger partial charge in [-0.3, -0.25) is 9.78 Å². The highest BCUT2D eigenvalue weighted by molar-refractivity contribution is 7.98. The van der Waals surface area contributed by atoms with Crippen LogP contribution in [0, 0.1) is 0 Å². The van der Waals surface area contributed by atoms with Crippen LogP contribution < -0.4 is 5.32 Å². The van der Waals surface area contributed by atoms with Gasteiger partial charge in [-0.25, -0.2) is 4.79 Å². The van der Waals surface area contributed by atoms with Gasteiger partial charge in [0.05, 0.1) is 16.8 Å². The van der Waals surface area contributed by atoms with Gasteiger partial charge >= 0.3 is 6.09 Å². The van der Waals surface area contributed by atoms with Gasteiger partial charge < -0.3 is 15.0 Å². The molecule has 1 N–H and O–H groups in total. The Labute approximate surface area is 179 Å². The zero-order valence-corrected chi connectivity index (χ0v) is 17.6. The van der Waals surface area contributed by atoms with Crippen LogP contribution in [0.2, 0.25) is 5.02 Å². The van der Waals surface area contributed by atoms with Gasteiger partial charge in [-0.05, 0) is 36.4 Å². The van der Waals surface area contributed by atoms with E-state index in [1.54, 1.807) is 11.8 Å². The van der Waals surface area contributed by atoms with Crippen LogP contribution in [0.3, 0.4) is 0 Å². The number of halogens is 1. The third-order valence-electron chi connectivity index (χ3n) is 5.39. The Kier molecular flexibility index (Phi) is 5.96. The molecule has 1 atom stereocenters. The molecule has 2 aromatic rings. The lowest BCUT2D eigenvalue weighted by atomic mass is 9.91. The van der Waals surface area contributed by atoms with Gasteiger partial charge in [0.1, 0.15) is 6.61 Å². The molecule has 0 radical (unpaired) electrons. The average molecular weight is 432 g/mol. The monoisotopic (exact) mass is 431 g/mol. The Morgan fingerprint density at radius 3 is 2.79 bits per heavy atom. The predicted molar refractivity (Wildman–Crippen MR) is 113 cm³/mol. The first-order valence-corrected chi connectivity index (χ1v) is 11.1. The molecule has 0 saturated carbocycles. The molecule has 2 aliphatic heterocycles. The summed E-state index contributed by atoms with van der Waals surface area (Å²) in [5.74, 6) is 0.428. The summed E-state index contributed by atoms with van der Waals surface area (Å²) in [6.45, 7) is 1.75. The molecule has 3 heterocycles. The minimum Gasteiger partial charge on any atom is -0.447 e. The van der Waals surface area contributed by atoms with Crippen molar-refractivity contribution in [3.8, 4) is 11.3 Å². The summed E-state index contributed by atoms with van der Waals surface area (Å²) in [6, 6.07) is 9.99. The molecule has 2 fully saturated rings. The zero-order valence-electron chi connectivity index (χ0n) is 16.1. The van der Waals surface area contributed by atoms with Crippen molar-refractivity contribution in [2.75, 3.05) is 26.0 Å². The lowest BCUT2D eigenvalue weighted by Gasteiger charge is -2.39. The molecule has 2 amide bonds. The lowest BCUT2D eigenvalue weighted by Crippen LogP contribution is -2.48. The fraction of sp³-hybridized carbons (Fsp3) is 0.381. The summed E-state index contributed by atoms with van der Waals surface area (Å²) in [4.78, 5) is 30.9. The van der Waals surface area contributed by atoms with Crippen LogP contribution in [-0.4, -0.2) is 53.9 Å². The first kappa shape index (κ1) is 20.0. The number of benzene rings is 1. The zero-order chi connectivity index (χ0) is 20.4. The topological polar surface area (TPSA) is 71.5 Å². The van der Waals surface area contributed by atoms with Crippen LogP contribution in [0.5, 0.6) is 0 Å². The number of likely N-dealkylation sites (tertiary alicyclic amines) is 1. The highest BCUT2D eigenvalue weighted by atomic mass is 35.5. The highest BCUT2D eigenvalue weighted by Crippen LogP contribution is 2.32. The van der Waals surface area contributed by atoms with Crippen molar-refractivity contribution in [2.45, 2.75) is 29.7 Å². The summed E-state index contributed by atoms with van der Waals surface area (Å²) < 4.78 is 4.84. The SMILES string of the molecule is CSc1ccc(-c2ccc(C3CN(C(=O)CCC4COC(=O)N4)C3)cn2)c(Cl)c1. The van der Waals surface area contributed by atoms with Gasteiger partial charge in [0.2, 0.25) is 5.91 Å². The molecule has 6 nitrogen and oxygen atoms in total. The van der Waals surface area contributed by atoms with Crippen molar-refractivity contribution >= 4 is 35.4 Å². The maximum atomic E-state index is 12.3. The van der Waals surface area contributed by atoms with Crippen molar-refractivity contribution < 1.29 is 14.3 Å². The van der Waals surface area contributed by atoms with Crippen molar-refractivity contribution in [1.82, 2.24) is 15.2 Å². The minimum atomic E-state index is -0.399. The number of pyridine rings is 1. The highest BCUT2D eigenvalue weighted by Gasteiger charge is 2.32. The molecule has 2 saturated heterocycles.